The van der Waals surface area contributed by atoms with Crippen LogP contribution in [0.4, 0.5) is 5.82 Å². The van der Waals surface area contributed by atoms with Crippen LogP contribution < -0.4 is 5.32 Å². The molecule has 2 heterocycles. The van der Waals surface area contributed by atoms with Gasteiger partial charge in [0.2, 0.25) is 5.91 Å². The van der Waals surface area contributed by atoms with Crippen molar-refractivity contribution in [1.29, 1.82) is 0 Å². The maximum atomic E-state index is 13.0. The molecule has 4 aliphatic rings. The highest BCUT2D eigenvalue weighted by Gasteiger charge is 2.60. The van der Waals surface area contributed by atoms with Gasteiger partial charge in [0.25, 0.3) is 0 Å². The fourth-order valence-electron chi connectivity index (χ4n) is 7.12. The van der Waals surface area contributed by atoms with Crippen LogP contribution in [-0.2, 0) is 23.9 Å². The van der Waals surface area contributed by atoms with E-state index in [1.54, 1.807) is 24.9 Å². The molecular formula is C21H26Cl2N6O3. The average molecular weight is 481 g/mol. The van der Waals surface area contributed by atoms with Crippen molar-refractivity contribution in [2.75, 3.05) is 0 Å². The molecule has 0 radical (unpaired) electrons. The minimum absolute atomic E-state index is 0.000525. The van der Waals surface area contributed by atoms with Crippen LogP contribution in [0.15, 0.2) is 6.20 Å². The number of aromatic nitrogens is 4. The Morgan fingerprint density at radius 1 is 1.31 bits per heavy atom. The Hall–Kier alpha value is -2.13. The van der Waals surface area contributed by atoms with E-state index >= 15 is 0 Å². The van der Waals surface area contributed by atoms with Crippen LogP contribution in [0.5, 0.6) is 0 Å². The van der Waals surface area contributed by atoms with Gasteiger partial charge in [0, 0.05) is 13.5 Å². The highest BCUT2D eigenvalue weighted by Crippen LogP contribution is 2.65. The van der Waals surface area contributed by atoms with Crippen LogP contribution >= 0.6 is 23.2 Å². The molecule has 1 N–H and O–H groups in total. The second-order valence-corrected chi connectivity index (χ2v) is 10.9. The van der Waals surface area contributed by atoms with Gasteiger partial charge in [0.15, 0.2) is 5.02 Å². The molecule has 2 aromatic heterocycles. The minimum Gasteiger partial charge on any atom is -0.358 e. The number of aryl methyl sites for hydroxylation is 1. The number of halogens is 2. The van der Waals surface area contributed by atoms with E-state index in [1.165, 1.54) is 0 Å². The molecule has 2 unspecified atom stereocenters. The lowest BCUT2D eigenvalue weighted by molar-refractivity contribution is -0.389. The lowest BCUT2D eigenvalue weighted by Crippen LogP contribution is -2.58. The van der Waals surface area contributed by atoms with Gasteiger partial charge in [-0.1, -0.05) is 23.2 Å². The SMILES string of the molecule is Cc1c(Cl)c([N+](=O)[O-])nn1C12CC3CC(CC(CC(=O)NCc4c(Cl)cnn4C)(C3)C1)C2. The van der Waals surface area contributed by atoms with Crippen molar-refractivity contribution in [3.05, 3.63) is 37.7 Å². The summed E-state index contributed by atoms with van der Waals surface area (Å²) < 4.78 is 3.49. The Bertz CT molecular complexity index is 1080. The molecule has 32 heavy (non-hydrogen) atoms. The summed E-state index contributed by atoms with van der Waals surface area (Å²) in [4.78, 5) is 23.9. The van der Waals surface area contributed by atoms with Crippen molar-refractivity contribution in [3.63, 3.8) is 0 Å². The number of carbonyl (C=O) groups excluding carboxylic acids is 1. The Morgan fingerprint density at radius 2 is 2.00 bits per heavy atom. The number of rotatable bonds is 6. The molecule has 2 atom stereocenters. The number of nitrogens with one attached hydrogen (secondary N) is 1. The van der Waals surface area contributed by atoms with Crippen molar-refractivity contribution in [1.82, 2.24) is 24.9 Å². The van der Waals surface area contributed by atoms with Gasteiger partial charge in [-0.15, -0.1) is 0 Å². The maximum Gasteiger partial charge on any atom is 0.408 e. The first-order valence-corrected chi connectivity index (χ1v) is 11.7. The summed E-state index contributed by atoms with van der Waals surface area (Å²) in [5.41, 5.74) is 0.990. The molecule has 0 aliphatic heterocycles. The molecule has 4 aliphatic carbocycles. The molecule has 172 valence electrons. The van der Waals surface area contributed by atoms with Crippen molar-refractivity contribution in [2.45, 2.75) is 64.0 Å². The van der Waals surface area contributed by atoms with Gasteiger partial charge in [-0.2, -0.15) is 9.78 Å². The zero-order chi connectivity index (χ0) is 22.8. The third-order valence-electron chi connectivity index (χ3n) is 7.80. The zero-order valence-electron chi connectivity index (χ0n) is 18.1. The first-order chi connectivity index (χ1) is 15.1. The number of hydrogen-bond acceptors (Lipinski definition) is 5. The molecule has 6 rings (SSSR count). The fraction of sp³-hybridized carbons (Fsp3) is 0.667. The average Bonchev–Trinajstić information content (AvgIpc) is 3.18. The van der Waals surface area contributed by atoms with Crippen LogP contribution in [0, 0.1) is 34.3 Å². The molecule has 9 nitrogen and oxygen atoms in total. The Morgan fingerprint density at radius 3 is 2.56 bits per heavy atom. The van der Waals surface area contributed by atoms with Gasteiger partial charge in [-0.05, 0) is 67.6 Å². The summed E-state index contributed by atoms with van der Waals surface area (Å²) in [6.07, 6.45) is 7.87. The molecule has 11 heteroatoms. The van der Waals surface area contributed by atoms with Crippen molar-refractivity contribution in [2.24, 2.45) is 24.3 Å². The van der Waals surface area contributed by atoms with Crippen LogP contribution in [0.3, 0.4) is 0 Å². The summed E-state index contributed by atoms with van der Waals surface area (Å²) >= 11 is 12.4. The normalized spacial score (nSPS) is 30.6. The molecule has 1 amide bonds. The summed E-state index contributed by atoms with van der Waals surface area (Å²) in [6.45, 7) is 2.14. The predicted molar refractivity (Wildman–Crippen MR) is 118 cm³/mol. The first-order valence-electron chi connectivity index (χ1n) is 10.9. The van der Waals surface area contributed by atoms with Gasteiger partial charge in [0.05, 0.1) is 39.8 Å². The van der Waals surface area contributed by atoms with Crippen LogP contribution in [-0.4, -0.2) is 30.4 Å². The van der Waals surface area contributed by atoms with Gasteiger partial charge in [-0.3, -0.25) is 9.48 Å². The van der Waals surface area contributed by atoms with E-state index in [0.717, 1.165) is 44.2 Å². The molecule has 4 fully saturated rings. The fourth-order valence-corrected chi connectivity index (χ4v) is 7.54. The quantitative estimate of drug-likeness (QED) is 0.493. The summed E-state index contributed by atoms with van der Waals surface area (Å²) in [5.74, 6) is 0.717. The molecule has 2 aromatic rings. The van der Waals surface area contributed by atoms with Crippen LogP contribution in [0.1, 0.15) is 56.3 Å². The standard InChI is InChI=1S/C21H26Cl2N6O3/c1-12-18(23)19(29(31)32)26-28(12)21-6-13-3-14(7-21)5-20(4-13,11-21)8-17(30)24-10-16-15(22)9-25-27(16)2/h9,13-14H,3-8,10-11H2,1-2H3,(H,24,30). The summed E-state index contributed by atoms with van der Waals surface area (Å²) in [5, 5.41) is 23.6. The number of amides is 1. The van der Waals surface area contributed by atoms with E-state index in [9.17, 15) is 14.9 Å². The van der Waals surface area contributed by atoms with Crippen molar-refractivity contribution in [3.8, 4) is 0 Å². The minimum atomic E-state index is -0.515. The van der Waals surface area contributed by atoms with E-state index in [4.69, 9.17) is 23.2 Å². The molecule has 4 saturated carbocycles. The maximum absolute atomic E-state index is 13.0. The van der Waals surface area contributed by atoms with Crippen LogP contribution in [0.25, 0.3) is 0 Å². The third-order valence-corrected chi connectivity index (χ3v) is 8.56. The number of nitro groups is 1. The highest BCUT2D eigenvalue weighted by molar-refractivity contribution is 6.33. The second-order valence-electron chi connectivity index (χ2n) is 10.1. The zero-order valence-corrected chi connectivity index (χ0v) is 19.6. The molecule has 0 aromatic carbocycles. The van der Waals surface area contributed by atoms with E-state index in [-0.39, 0.29) is 27.7 Å². The van der Waals surface area contributed by atoms with E-state index < -0.39 is 4.92 Å². The first kappa shape index (κ1) is 21.7. The molecule has 0 saturated heterocycles. The van der Waals surface area contributed by atoms with Crippen molar-refractivity contribution >= 4 is 34.9 Å². The largest absolute Gasteiger partial charge is 0.408 e. The smallest absolute Gasteiger partial charge is 0.358 e. The Labute approximate surface area is 195 Å². The topological polar surface area (TPSA) is 108 Å². The van der Waals surface area contributed by atoms with Gasteiger partial charge in [-0.25, -0.2) is 0 Å². The number of hydrogen-bond donors (Lipinski definition) is 1. The molecule has 4 bridgehead atoms. The molecule has 0 spiro atoms. The van der Waals surface area contributed by atoms with E-state index in [2.05, 4.69) is 15.5 Å². The Kier molecular flexibility index (Phi) is 5.05. The van der Waals surface area contributed by atoms with Gasteiger partial charge < -0.3 is 15.4 Å². The monoisotopic (exact) mass is 480 g/mol. The number of nitrogens with zero attached hydrogens (tertiary/aromatic N) is 5. The Balaban J connectivity index is 1.39. The van der Waals surface area contributed by atoms with Gasteiger partial charge in [0.1, 0.15) is 0 Å². The second kappa shape index (κ2) is 7.45. The third kappa shape index (κ3) is 3.41. The lowest BCUT2D eigenvalue weighted by Gasteiger charge is -2.61. The van der Waals surface area contributed by atoms with E-state index in [0.29, 0.717) is 35.5 Å². The lowest BCUT2D eigenvalue weighted by atomic mass is 9.46. The van der Waals surface area contributed by atoms with Crippen LogP contribution in [0.2, 0.25) is 10.0 Å². The summed E-state index contributed by atoms with van der Waals surface area (Å²) in [7, 11) is 1.80. The van der Waals surface area contributed by atoms with E-state index in [1.807, 2.05) is 4.68 Å². The predicted octanol–water partition coefficient (Wildman–Crippen LogP) is 4.14. The van der Waals surface area contributed by atoms with Crippen molar-refractivity contribution < 1.29 is 9.72 Å². The highest BCUT2D eigenvalue weighted by atomic mass is 35.5. The van der Waals surface area contributed by atoms with Gasteiger partial charge >= 0.3 is 5.82 Å². The summed E-state index contributed by atoms with van der Waals surface area (Å²) in [6, 6.07) is 0. The molecular weight excluding hydrogens is 455 g/mol. The number of carbonyl (C=O) groups is 1.